The number of hydrogen-bond donors (Lipinski definition) is 2. The van der Waals surface area contributed by atoms with Crippen molar-refractivity contribution in [2.75, 3.05) is 36.9 Å². The number of likely N-dealkylation sites (tertiary alicyclic amines) is 2. The Morgan fingerprint density at radius 3 is 1.30 bits per heavy atom. The first-order valence-corrected chi connectivity index (χ1v) is 19.0. The molecule has 2 saturated heterocycles. The molecule has 2 N–H and O–H groups in total. The second-order valence-corrected chi connectivity index (χ2v) is 13.6. The molecule has 12 nitrogen and oxygen atoms in total. The van der Waals surface area contributed by atoms with E-state index in [0.29, 0.717) is 37.4 Å². The van der Waals surface area contributed by atoms with Gasteiger partial charge in [0, 0.05) is 37.4 Å². The Hall–Kier alpha value is -5.98. The van der Waals surface area contributed by atoms with Crippen LogP contribution in [0.15, 0.2) is 109 Å². The lowest BCUT2D eigenvalue weighted by atomic mass is 10.1. The predicted octanol–water partition coefficient (Wildman–Crippen LogP) is 7.37. The molecule has 12 heteroatoms. The van der Waals surface area contributed by atoms with Crippen molar-refractivity contribution in [3.63, 3.8) is 0 Å². The van der Waals surface area contributed by atoms with Crippen LogP contribution in [-0.2, 0) is 41.8 Å². The number of nitrogens with one attached hydrogen (secondary N) is 2. The van der Waals surface area contributed by atoms with Crippen LogP contribution in [0.4, 0.5) is 21.0 Å². The largest absolute Gasteiger partial charge is 0.445 e. The number of benzene rings is 4. The molecule has 2 heterocycles. The third kappa shape index (κ3) is 10.8. The summed E-state index contributed by atoms with van der Waals surface area (Å²) in [5.74, 6) is -0.617. The molecule has 0 bridgehead atoms. The van der Waals surface area contributed by atoms with Gasteiger partial charge in [-0.15, -0.1) is 0 Å². The summed E-state index contributed by atoms with van der Waals surface area (Å²) in [4.78, 5) is 55.7. The number of ether oxygens (including phenoxy) is 4. The zero-order valence-corrected chi connectivity index (χ0v) is 31.7. The fourth-order valence-corrected chi connectivity index (χ4v) is 6.81. The number of nitrogens with zero attached hydrogens (tertiary/aromatic N) is 2. The van der Waals surface area contributed by atoms with Crippen LogP contribution < -0.4 is 10.6 Å². The summed E-state index contributed by atoms with van der Waals surface area (Å²) >= 11 is 0. The van der Waals surface area contributed by atoms with Crippen LogP contribution >= 0.6 is 0 Å². The maximum Gasteiger partial charge on any atom is 0.410 e. The monoisotopic (exact) mass is 760 g/mol. The van der Waals surface area contributed by atoms with Gasteiger partial charge in [0.15, 0.2) is 0 Å². The van der Waals surface area contributed by atoms with Gasteiger partial charge < -0.3 is 29.6 Å². The Bertz CT molecular complexity index is 1800. The van der Waals surface area contributed by atoms with Crippen LogP contribution in [0.5, 0.6) is 0 Å². The first kappa shape index (κ1) is 39.7. The van der Waals surface area contributed by atoms with Gasteiger partial charge in [0.1, 0.15) is 25.3 Å². The molecule has 2 fully saturated rings. The van der Waals surface area contributed by atoms with E-state index in [4.69, 9.17) is 18.9 Å². The van der Waals surface area contributed by atoms with Crippen molar-refractivity contribution in [2.24, 2.45) is 0 Å². The summed E-state index contributed by atoms with van der Waals surface area (Å²) in [5, 5.41) is 5.88. The number of anilines is 2. The molecule has 0 aliphatic carbocycles. The fraction of sp³-hybridized carbons (Fsp3) is 0.318. The SMILES string of the molecule is CCO[C@@H]1C[C@@H](C(=O)Nc2ccc(/C=C/c3ccc(NC(=O)[C@@H]4C[C@@H](OCC)CN4C(=O)OCc4ccccc4)cc3)cc2)N(C(=O)OCc2ccccc2)C1. The molecule has 292 valence electrons. The summed E-state index contributed by atoms with van der Waals surface area (Å²) in [6, 6.07) is 32.1. The number of amides is 4. The molecular formula is C44H48N4O8. The van der Waals surface area contributed by atoms with E-state index >= 15 is 0 Å². The van der Waals surface area contributed by atoms with Crippen LogP contribution in [0, 0.1) is 0 Å². The third-order valence-electron chi connectivity index (χ3n) is 9.64. The molecule has 0 spiro atoms. The van der Waals surface area contributed by atoms with Gasteiger partial charge in [-0.25, -0.2) is 9.59 Å². The van der Waals surface area contributed by atoms with E-state index in [9.17, 15) is 19.2 Å². The van der Waals surface area contributed by atoms with E-state index < -0.39 is 24.3 Å². The van der Waals surface area contributed by atoms with Crippen molar-refractivity contribution in [3.8, 4) is 0 Å². The maximum absolute atomic E-state index is 13.4. The summed E-state index contributed by atoms with van der Waals surface area (Å²) in [5.41, 5.74) is 4.75. The zero-order chi connectivity index (χ0) is 39.3. The number of hydrogen-bond acceptors (Lipinski definition) is 8. The molecule has 4 atom stereocenters. The number of carbonyl (C=O) groups is 4. The zero-order valence-electron chi connectivity index (χ0n) is 31.7. The Kier molecular flexibility index (Phi) is 13.9. The van der Waals surface area contributed by atoms with Crippen LogP contribution in [0.25, 0.3) is 12.2 Å². The Labute approximate surface area is 327 Å². The minimum absolute atomic E-state index is 0.115. The molecular weight excluding hydrogens is 713 g/mol. The summed E-state index contributed by atoms with van der Waals surface area (Å²) in [7, 11) is 0. The topological polar surface area (TPSA) is 136 Å². The van der Waals surface area contributed by atoms with Crippen molar-refractivity contribution < 1.29 is 38.1 Å². The average Bonchev–Trinajstić information content (AvgIpc) is 3.86. The molecule has 0 radical (unpaired) electrons. The van der Waals surface area contributed by atoms with Gasteiger partial charge in [-0.05, 0) is 60.4 Å². The smallest absolute Gasteiger partial charge is 0.410 e. The van der Waals surface area contributed by atoms with E-state index in [0.717, 1.165) is 22.3 Å². The fourth-order valence-electron chi connectivity index (χ4n) is 6.81. The molecule has 0 saturated carbocycles. The highest BCUT2D eigenvalue weighted by molar-refractivity contribution is 5.98. The van der Waals surface area contributed by atoms with E-state index in [2.05, 4.69) is 10.6 Å². The molecule has 6 rings (SSSR count). The molecule has 4 aromatic rings. The van der Waals surface area contributed by atoms with Gasteiger partial charge in [-0.3, -0.25) is 19.4 Å². The Balaban J connectivity index is 1.01. The summed E-state index contributed by atoms with van der Waals surface area (Å²) < 4.78 is 22.6. The first-order valence-electron chi connectivity index (χ1n) is 19.0. The Morgan fingerprint density at radius 1 is 0.571 bits per heavy atom. The van der Waals surface area contributed by atoms with Gasteiger partial charge in [0.25, 0.3) is 0 Å². The highest BCUT2D eigenvalue weighted by Gasteiger charge is 2.42. The Morgan fingerprint density at radius 2 is 0.946 bits per heavy atom. The van der Waals surface area contributed by atoms with Gasteiger partial charge in [0.05, 0.1) is 25.3 Å². The molecule has 0 unspecified atom stereocenters. The number of carbonyl (C=O) groups excluding carboxylic acids is 4. The highest BCUT2D eigenvalue weighted by Crippen LogP contribution is 2.26. The van der Waals surface area contributed by atoms with Crippen LogP contribution in [0.3, 0.4) is 0 Å². The molecule has 2 aliphatic rings. The van der Waals surface area contributed by atoms with Crippen molar-refractivity contribution in [3.05, 3.63) is 131 Å². The van der Waals surface area contributed by atoms with Gasteiger partial charge in [0.2, 0.25) is 11.8 Å². The second-order valence-electron chi connectivity index (χ2n) is 13.6. The van der Waals surface area contributed by atoms with E-state index in [1.54, 1.807) is 0 Å². The standard InChI is InChI=1S/C44H48N4O8/c1-3-53-37-25-39(47(27-37)43(51)55-29-33-11-7-5-8-12-33)41(49)45-35-21-17-31(18-22-35)15-16-32-19-23-36(24-20-32)46-42(50)40-26-38(54-4-2)28-48(40)44(52)56-30-34-13-9-6-10-14-34/h5-24,37-40H,3-4,25-30H2,1-2H3,(H,45,49)(H,46,50)/b16-15+/t37-,38-,39+,40+/m1/s1. The predicted molar refractivity (Wildman–Crippen MR) is 213 cm³/mol. The van der Waals surface area contributed by atoms with Crippen LogP contribution in [0.2, 0.25) is 0 Å². The highest BCUT2D eigenvalue weighted by atomic mass is 16.6. The quantitative estimate of drug-likeness (QED) is 0.127. The van der Waals surface area contributed by atoms with Crippen molar-refractivity contribution in [2.45, 2.75) is 64.2 Å². The molecule has 4 aromatic carbocycles. The molecule has 2 aliphatic heterocycles. The van der Waals surface area contributed by atoms with Crippen LogP contribution in [0.1, 0.15) is 48.9 Å². The lowest BCUT2D eigenvalue weighted by Crippen LogP contribution is -2.43. The van der Waals surface area contributed by atoms with Crippen molar-refractivity contribution >= 4 is 47.5 Å². The lowest BCUT2D eigenvalue weighted by Gasteiger charge is -2.23. The lowest BCUT2D eigenvalue weighted by molar-refractivity contribution is -0.120. The normalized spacial score (nSPS) is 19.2. The second kappa shape index (κ2) is 19.6. The average molecular weight is 761 g/mol. The van der Waals surface area contributed by atoms with E-state index in [1.165, 1.54) is 9.80 Å². The van der Waals surface area contributed by atoms with Crippen molar-refractivity contribution in [1.82, 2.24) is 9.80 Å². The minimum atomic E-state index is -0.729. The third-order valence-corrected chi connectivity index (χ3v) is 9.64. The number of rotatable bonds is 14. The summed E-state index contributed by atoms with van der Waals surface area (Å²) in [6.45, 7) is 5.51. The molecule has 56 heavy (non-hydrogen) atoms. The maximum atomic E-state index is 13.4. The summed E-state index contributed by atoms with van der Waals surface area (Å²) in [6.07, 6.45) is 3.01. The van der Waals surface area contributed by atoms with E-state index in [-0.39, 0.29) is 50.3 Å². The molecule has 0 aromatic heterocycles. The minimum Gasteiger partial charge on any atom is -0.445 e. The van der Waals surface area contributed by atoms with Crippen molar-refractivity contribution in [1.29, 1.82) is 0 Å². The van der Waals surface area contributed by atoms with E-state index in [1.807, 2.05) is 135 Å². The van der Waals surface area contributed by atoms with Crippen LogP contribution in [-0.4, -0.2) is 84.4 Å². The first-order chi connectivity index (χ1) is 27.3. The van der Waals surface area contributed by atoms with Gasteiger partial charge in [-0.1, -0.05) is 97.1 Å². The molecule has 4 amide bonds. The van der Waals surface area contributed by atoms with Gasteiger partial charge >= 0.3 is 12.2 Å². The van der Waals surface area contributed by atoms with Gasteiger partial charge in [-0.2, -0.15) is 0 Å².